The average Bonchev–Trinajstić information content (AvgIpc) is 2.93. The average molecular weight is 574 g/mol. The zero-order chi connectivity index (χ0) is 28.4. The van der Waals surface area contributed by atoms with Gasteiger partial charge in [-0.2, -0.15) is 0 Å². The van der Waals surface area contributed by atoms with Crippen molar-refractivity contribution in [3.8, 4) is 22.6 Å². The zero-order valence-corrected chi connectivity index (χ0v) is 21.9. The van der Waals surface area contributed by atoms with E-state index in [0.717, 1.165) is 17.2 Å². The van der Waals surface area contributed by atoms with Crippen LogP contribution in [0, 0.1) is 0 Å². The first-order chi connectivity index (χ1) is 19.1. The molecule has 2 aromatic carbocycles. The van der Waals surface area contributed by atoms with Gasteiger partial charge in [0, 0.05) is 31.0 Å². The molecular formula is C27H23ClF3N5O4. The molecule has 40 heavy (non-hydrogen) atoms. The molecule has 4 aromatic rings. The molecule has 0 saturated carbocycles. The molecule has 0 bridgehead atoms. The van der Waals surface area contributed by atoms with Gasteiger partial charge in [0.25, 0.3) is 5.56 Å². The fraction of sp³-hybridized carbons (Fsp3) is 0.259. The minimum Gasteiger partial charge on any atom is -0.404 e. The Morgan fingerprint density at radius 3 is 2.60 bits per heavy atom. The van der Waals surface area contributed by atoms with Crippen LogP contribution in [0.25, 0.3) is 27.7 Å². The molecule has 1 aliphatic rings. The summed E-state index contributed by atoms with van der Waals surface area (Å²) in [6, 6.07) is 9.71. The van der Waals surface area contributed by atoms with Crippen molar-refractivity contribution in [2.45, 2.75) is 19.3 Å². The van der Waals surface area contributed by atoms with E-state index in [0.29, 0.717) is 36.8 Å². The SMILES string of the molecule is CC(C(=O)Nc1cc(-n2cnc3cc(-c4cncc(Cl)c4)ccc3c2=O)ccc1OC(F)(F)F)N1CCOCC1. The van der Waals surface area contributed by atoms with Gasteiger partial charge in [-0.05, 0) is 48.9 Å². The van der Waals surface area contributed by atoms with Crippen molar-refractivity contribution < 1.29 is 27.4 Å². The van der Waals surface area contributed by atoms with Gasteiger partial charge in [0.1, 0.15) is 6.33 Å². The Hall–Kier alpha value is -4.00. The number of halogens is 4. The number of nitrogens with zero attached hydrogens (tertiary/aromatic N) is 4. The molecule has 1 atom stereocenters. The number of ether oxygens (including phenoxy) is 2. The molecule has 13 heteroatoms. The Labute approximate surface area is 231 Å². The third-order valence-electron chi connectivity index (χ3n) is 6.50. The Balaban J connectivity index is 1.49. The Morgan fingerprint density at radius 1 is 1.10 bits per heavy atom. The van der Waals surface area contributed by atoms with E-state index in [1.165, 1.54) is 29.2 Å². The van der Waals surface area contributed by atoms with E-state index < -0.39 is 29.6 Å². The van der Waals surface area contributed by atoms with E-state index >= 15 is 0 Å². The van der Waals surface area contributed by atoms with Crippen LogP contribution in [0.2, 0.25) is 5.02 Å². The quantitative estimate of drug-likeness (QED) is 0.358. The minimum atomic E-state index is -4.99. The van der Waals surface area contributed by atoms with Crippen LogP contribution in [0.15, 0.2) is 66.0 Å². The maximum atomic E-state index is 13.4. The number of alkyl halides is 3. The minimum absolute atomic E-state index is 0.186. The number of morpholine rings is 1. The normalized spacial score (nSPS) is 15.1. The molecule has 3 heterocycles. The lowest BCUT2D eigenvalue weighted by atomic mass is 10.1. The number of fused-ring (bicyclic) bond motifs is 1. The summed E-state index contributed by atoms with van der Waals surface area (Å²) in [5.74, 6) is -1.14. The van der Waals surface area contributed by atoms with Gasteiger partial charge < -0.3 is 14.8 Å². The summed E-state index contributed by atoms with van der Waals surface area (Å²) in [6.45, 7) is 3.57. The fourth-order valence-electron chi connectivity index (χ4n) is 4.40. The molecule has 208 valence electrons. The predicted octanol–water partition coefficient (Wildman–Crippen LogP) is 4.66. The van der Waals surface area contributed by atoms with E-state index in [9.17, 15) is 22.8 Å². The van der Waals surface area contributed by atoms with Crippen LogP contribution in [-0.4, -0.2) is 64.0 Å². The molecule has 1 unspecified atom stereocenters. The standard InChI is InChI=1S/C27H23ClF3N5O4/c1-16(35-6-8-39-9-7-35)25(37)34-23-12-20(3-5-24(23)40-27(29,30)31)36-15-33-22-11-17(2-4-21(22)26(36)38)18-10-19(28)14-32-13-18/h2-5,10-16H,6-9H2,1H3,(H,34,37). The van der Waals surface area contributed by atoms with Crippen molar-refractivity contribution in [2.75, 3.05) is 31.6 Å². The summed E-state index contributed by atoms with van der Waals surface area (Å²) < 4.78 is 50.0. The molecule has 1 amide bonds. The molecule has 2 aromatic heterocycles. The predicted molar refractivity (Wildman–Crippen MR) is 143 cm³/mol. The first-order valence-corrected chi connectivity index (χ1v) is 12.6. The van der Waals surface area contributed by atoms with E-state index in [2.05, 4.69) is 20.0 Å². The number of carbonyl (C=O) groups excluding carboxylic acids is 1. The maximum Gasteiger partial charge on any atom is 0.573 e. The second kappa shape index (κ2) is 11.2. The second-order valence-electron chi connectivity index (χ2n) is 9.09. The third-order valence-corrected chi connectivity index (χ3v) is 6.70. The largest absolute Gasteiger partial charge is 0.573 e. The van der Waals surface area contributed by atoms with Crippen molar-refractivity contribution in [3.05, 3.63) is 76.6 Å². The van der Waals surface area contributed by atoms with Crippen LogP contribution >= 0.6 is 11.6 Å². The highest BCUT2D eigenvalue weighted by Crippen LogP contribution is 2.32. The summed E-state index contributed by atoms with van der Waals surface area (Å²) in [5, 5.41) is 3.27. The Kier molecular flexibility index (Phi) is 7.74. The highest BCUT2D eigenvalue weighted by molar-refractivity contribution is 6.30. The molecule has 9 nitrogen and oxygen atoms in total. The van der Waals surface area contributed by atoms with Gasteiger partial charge in [-0.15, -0.1) is 13.2 Å². The van der Waals surface area contributed by atoms with Gasteiger partial charge in [-0.25, -0.2) is 4.98 Å². The van der Waals surface area contributed by atoms with E-state index in [1.807, 2.05) is 4.90 Å². The smallest absolute Gasteiger partial charge is 0.404 e. The topological polar surface area (TPSA) is 98.6 Å². The van der Waals surface area contributed by atoms with E-state index in [4.69, 9.17) is 16.3 Å². The summed E-state index contributed by atoms with van der Waals surface area (Å²) in [5.41, 5.74) is 1.39. The number of aromatic nitrogens is 3. The lowest BCUT2D eigenvalue weighted by molar-refractivity contribution is -0.274. The van der Waals surface area contributed by atoms with Gasteiger partial charge in [0.2, 0.25) is 5.91 Å². The molecule has 0 spiro atoms. The number of nitrogens with one attached hydrogen (secondary N) is 1. The molecule has 0 radical (unpaired) electrons. The van der Waals surface area contributed by atoms with E-state index in [-0.39, 0.29) is 16.8 Å². The number of anilines is 1. The molecule has 1 aliphatic heterocycles. The van der Waals surface area contributed by atoms with Crippen LogP contribution in [0.3, 0.4) is 0 Å². The van der Waals surface area contributed by atoms with Crippen LogP contribution in [0.1, 0.15) is 6.92 Å². The van der Waals surface area contributed by atoms with Gasteiger partial charge >= 0.3 is 6.36 Å². The van der Waals surface area contributed by atoms with Gasteiger partial charge in [0.15, 0.2) is 5.75 Å². The molecular weight excluding hydrogens is 551 g/mol. The highest BCUT2D eigenvalue weighted by atomic mass is 35.5. The van der Waals surface area contributed by atoms with Crippen molar-refractivity contribution in [1.82, 2.24) is 19.4 Å². The van der Waals surface area contributed by atoms with E-state index in [1.54, 1.807) is 37.4 Å². The summed E-state index contributed by atoms with van der Waals surface area (Å²) in [6.07, 6.45) is -0.580. The molecule has 1 N–H and O–H groups in total. The summed E-state index contributed by atoms with van der Waals surface area (Å²) >= 11 is 6.04. The number of pyridine rings is 1. The molecule has 1 fully saturated rings. The third kappa shape index (κ3) is 6.09. The number of hydrogen-bond donors (Lipinski definition) is 1. The summed E-state index contributed by atoms with van der Waals surface area (Å²) in [4.78, 5) is 36.6. The zero-order valence-electron chi connectivity index (χ0n) is 21.1. The fourth-order valence-corrected chi connectivity index (χ4v) is 4.58. The maximum absolute atomic E-state index is 13.4. The number of benzene rings is 2. The summed E-state index contributed by atoms with van der Waals surface area (Å²) in [7, 11) is 0. The Morgan fingerprint density at radius 2 is 1.88 bits per heavy atom. The monoisotopic (exact) mass is 573 g/mol. The van der Waals surface area contributed by atoms with Crippen LogP contribution in [0.4, 0.5) is 18.9 Å². The van der Waals surface area contributed by atoms with Crippen molar-refractivity contribution in [2.24, 2.45) is 0 Å². The highest BCUT2D eigenvalue weighted by Gasteiger charge is 2.33. The number of rotatable bonds is 6. The molecule has 1 saturated heterocycles. The van der Waals surface area contributed by atoms with Crippen LogP contribution in [-0.2, 0) is 9.53 Å². The number of amides is 1. The second-order valence-corrected chi connectivity index (χ2v) is 9.52. The lowest BCUT2D eigenvalue weighted by Crippen LogP contribution is -2.47. The van der Waals surface area contributed by atoms with Gasteiger partial charge in [-0.3, -0.25) is 24.0 Å². The van der Waals surface area contributed by atoms with Gasteiger partial charge in [-0.1, -0.05) is 17.7 Å². The number of hydrogen-bond acceptors (Lipinski definition) is 7. The van der Waals surface area contributed by atoms with Crippen LogP contribution in [0.5, 0.6) is 5.75 Å². The molecule has 5 rings (SSSR count). The van der Waals surface area contributed by atoms with Crippen LogP contribution < -0.4 is 15.6 Å². The molecule has 0 aliphatic carbocycles. The lowest BCUT2D eigenvalue weighted by Gasteiger charge is -2.31. The van der Waals surface area contributed by atoms with Crippen molar-refractivity contribution >= 4 is 34.1 Å². The van der Waals surface area contributed by atoms with Crippen molar-refractivity contribution in [3.63, 3.8) is 0 Å². The first kappa shape index (κ1) is 27.6. The van der Waals surface area contributed by atoms with Gasteiger partial charge in [0.05, 0.1) is 46.6 Å². The first-order valence-electron chi connectivity index (χ1n) is 12.2. The van der Waals surface area contributed by atoms with Crippen molar-refractivity contribution in [1.29, 1.82) is 0 Å². The number of carbonyl (C=O) groups is 1. The Bertz CT molecular complexity index is 1620.